The molecule has 17 heavy (non-hydrogen) atoms. The lowest BCUT2D eigenvalue weighted by Crippen LogP contribution is -2.27. The molecule has 0 aliphatic heterocycles. The van der Waals surface area contributed by atoms with E-state index in [0.717, 1.165) is 6.54 Å². The van der Waals surface area contributed by atoms with Gasteiger partial charge in [-0.15, -0.1) is 0 Å². The van der Waals surface area contributed by atoms with E-state index in [0.29, 0.717) is 12.0 Å². The minimum atomic E-state index is 0.545. The molecule has 0 aliphatic carbocycles. The summed E-state index contributed by atoms with van der Waals surface area (Å²) in [5.41, 5.74) is 1.44. The zero-order chi connectivity index (χ0) is 12.3. The molecule has 0 saturated carbocycles. The number of benzene rings is 2. The van der Waals surface area contributed by atoms with Gasteiger partial charge in [0.05, 0.1) is 0 Å². The highest BCUT2D eigenvalue weighted by Crippen LogP contribution is 2.25. The molecule has 0 spiro atoms. The second kappa shape index (κ2) is 5.33. The number of fused-ring (bicyclic) bond motifs is 1. The molecule has 0 fully saturated rings. The molecule has 2 aromatic carbocycles. The maximum Gasteiger partial charge on any atom is 0.00200 e. The van der Waals surface area contributed by atoms with E-state index >= 15 is 0 Å². The summed E-state index contributed by atoms with van der Waals surface area (Å²) in [6.45, 7) is 7.70. The van der Waals surface area contributed by atoms with Crippen molar-refractivity contribution in [2.75, 3.05) is 6.54 Å². The van der Waals surface area contributed by atoms with Crippen LogP contribution >= 0.6 is 0 Å². The van der Waals surface area contributed by atoms with Crippen LogP contribution in [0, 0.1) is 0 Å². The van der Waals surface area contributed by atoms with Crippen molar-refractivity contribution in [2.45, 2.75) is 32.7 Å². The van der Waals surface area contributed by atoms with Gasteiger partial charge in [0.2, 0.25) is 0 Å². The van der Waals surface area contributed by atoms with E-state index < -0.39 is 0 Å². The number of hydrogen-bond donors (Lipinski definition) is 1. The number of rotatable bonds is 4. The normalized spacial score (nSPS) is 13.2. The summed E-state index contributed by atoms with van der Waals surface area (Å²) in [6.07, 6.45) is 0. The predicted octanol–water partition coefficient (Wildman–Crippen LogP) is 3.94. The van der Waals surface area contributed by atoms with Gasteiger partial charge in [-0.2, -0.15) is 0 Å². The molecule has 1 heteroatoms. The quantitative estimate of drug-likeness (QED) is 0.834. The van der Waals surface area contributed by atoms with Crippen molar-refractivity contribution in [1.29, 1.82) is 0 Å². The van der Waals surface area contributed by atoms with Crippen molar-refractivity contribution in [1.82, 2.24) is 5.32 Å². The summed E-state index contributed by atoms with van der Waals surface area (Å²) in [7, 11) is 0. The minimum absolute atomic E-state index is 0.545. The lowest BCUT2D eigenvalue weighted by molar-refractivity contribution is 0.550. The van der Waals surface area contributed by atoms with Gasteiger partial charge >= 0.3 is 0 Å². The van der Waals surface area contributed by atoms with Gasteiger partial charge < -0.3 is 5.32 Å². The van der Waals surface area contributed by atoms with Crippen LogP contribution in [0.4, 0.5) is 0 Å². The highest BCUT2D eigenvalue weighted by molar-refractivity contribution is 5.86. The van der Waals surface area contributed by atoms with E-state index in [1.807, 2.05) is 0 Å². The Balaban J connectivity index is 2.28. The Kier molecular flexibility index (Phi) is 3.80. The van der Waals surface area contributed by atoms with Crippen LogP contribution in [-0.4, -0.2) is 12.6 Å². The molecule has 0 amide bonds. The number of nitrogens with one attached hydrogen (secondary N) is 1. The second-order valence-electron chi connectivity index (χ2n) is 5.03. The average molecular weight is 227 g/mol. The summed E-state index contributed by atoms with van der Waals surface area (Å²) in [4.78, 5) is 0. The maximum absolute atomic E-state index is 3.51. The van der Waals surface area contributed by atoms with E-state index in [4.69, 9.17) is 0 Å². The van der Waals surface area contributed by atoms with Crippen LogP contribution in [0.2, 0.25) is 0 Å². The molecular weight excluding hydrogens is 206 g/mol. The van der Waals surface area contributed by atoms with Crippen LogP contribution in [0.15, 0.2) is 42.5 Å². The van der Waals surface area contributed by atoms with Gasteiger partial charge in [0.15, 0.2) is 0 Å². The molecule has 1 atom stereocenters. The van der Waals surface area contributed by atoms with Crippen molar-refractivity contribution in [3.8, 4) is 0 Å². The summed E-state index contributed by atoms with van der Waals surface area (Å²) in [5.74, 6) is 0.545. The Morgan fingerprint density at radius 1 is 0.941 bits per heavy atom. The van der Waals surface area contributed by atoms with E-state index in [-0.39, 0.29) is 0 Å². The molecule has 1 N–H and O–H groups in total. The molecule has 2 aromatic rings. The Hall–Kier alpha value is -1.34. The molecule has 0 aliphatic rings. The van der Waals surface area contributed by atoms with Gasteiger partial charge in [-0.05, 0) is 22.3 Å². The molecule has 0 aromatic heterocycles. The monoisotopic (exact) mass is 227 g/mol. The molecule has 0 radical (unpaired) electrons. The fourth-order valence-electron chi connectivity index (χ4n) is 2.20. The van der Waals surface area contributed by atoms with E-state index in [1.165, 1.54) is 16.3 Å². The highest BCUT2D eigenvalue weighted by atomic mass is 14.9. The summed E-state index contributed by atoms with van der Waals surface area (Å²) < 4.78 is 0. The van der Waals surface area contributed by atoms with E-state index in [9.17, 15) is 0 Å². The molecule has 2 rings (SSSR count). The third kappa shape index (κ3) is 2.86. The SMILES string of the molecule is CC(C)NCC(C)c1cccc2ccccc12. The lowest BCUT2D eigenvalue weighted by Gasteiger charge is -2.17. The molecule has 1 nitrogen and oxygen atoms in total. The van der Waals surface area contributed by atoms with Gasteiger partial charge in [-0.25, -0.2) is 0 Å². The van der Waals surface area contributed by atoms with Crippen LogP contribution in [0.5, 0.6) is 0 Å². The first-order valence-corrected chi connectivity index (χ1v) is 6.39. The summed E-state index contributed by atoms with van der Waals surface area (Å²) >= 11 is 0. The highest BCUT2D eigenvalue weighted by Gasteiger charge is 2.09. The van der Waals surface area contributed by atoms with Crippen LogP contribution in [-0.2, 0) is 0 Å². The van der Waals surface area contributed by atoms with E-state index in [2.05, 4.69) is 68.6 Å². The molecule has 0 bridgehead atoms. The summed E-state index contributed by atoms with van der Waals surface area (Å²) in [6, 6.07) is 15.8. The third-order valence-corrected chi connectivity index (χ3v) is 3.19. The predicted molar refractivity (Wildman–Crippen MR) is 75.5 cm³/mol. The standard InChI is InChI=1S/C16H21N/c1-12(2)17-11-13(3)15-10-6-8-14-7-4-5-9-16(14)15/h4-10,12-13,17H,11H2,1-3H3. The second-order valence-corrected chi connectivity index (χ2v) is 5.03. The Morgan fingerprint density at radius 2 is 1.65 bits per heavy atom. The maximum atomic E-state index is 3.51. The first-order valence-electron chi connectivity index (χ1n) is 6.39. The van der Waals surface area contributed by atoms with Gasteiger partial charge in [0.25, 0.3) is 0 Å². The molecule has 1 unspecified atom stereocenters. The van der Waals surface area contributed by atoms with Crippen LogP contribution in [0.3, 0.4) is 0 Å². The Morgan fingerprint density at radius 3 is 2.41 bits per heavy atom. The molecule has 0 heterocycles. The molecule has 0 saturated heterocycles. The largest absolute Gasteiger partial charge is 0.314 e. The van der Waals surface area contributed by atoms with Gasteiger partial charge in [-0.1, -0.05) is 63.2 Å². The van der Waals surface area contributed by atoms with E-state index in [1.54, 1.807) is 0 Å². The molecular formula is C16H21N. The zero-order valence-corrected chi connectivity index (χ0v) is 10.9. The van der Waals surface area contributed by atoms with Gasteiger partial charge in [0.1, 0.15) is 0 Å². The fraction of sp³-hybridized carbons (Fsp3) is 0.375. The van der Waals surface area contributed by atoms with Crippen LogP contribution < -0.4 is 5.32 Å². The Bertz CT molecular complexity index is 482. The third-order valence-electron chi connectivity index (χ3n) is 3.19. The first-order chi connectivity index (χ1) is 8.18. The van der Waals surface area contributed by atoms with Crippen molar-refractivity contribution < 1.29 is 0 Å². The van der Waals surface area contributed by atoms with Crippen molar-refractivity contribution in [3.05, 3.63) is 48.0 Å². The zero-order valence-electron chi connectivity index (χ0n) is 10.9. The van der Waals surface area contributed by atoms with Crippen molar-refractivity contribution in [2.24, 2.45) is 0 Å². The topological polar surface area (TPSA) is 12.0 Å². The number of hydrogen-bond acceptors (Lipinski definition) is 1. The first kappa shape index (κ1) is 12.1. The molecule has 90 valence electrons. The lowest BCUT2D eigenvalue weighted by atomic mass is 9.94. The van der Waals surface area contributed by atoms with Crippen molar-refractivity contribution >= 4 is 10.8 Å². The van der Waals surface area contributed by atoms with Crippen LogP contribution in [0.1, 0.15) is 32.3 Å². The smallest absolute Gasteiger partial charge is 0.00200 e. The van der Waals surface area contributed by atoms with Crippen LogP contribution in [0.25, 0.3) is 10.8 Å². The average Bonchev–Trinajstić information content (AvgIpc) is 2.35. The fourth-order valence-corrected chi connectivity index (χ4v) is 2.20. The van der Waals surface area contributed by atoms with Gasteiger partial charge in [-0.3, -0.25) is 0 Å². The summed E-state index contributed by atoms with van der Waals surface area (Å²) in [5, 5.41) is 6.23. The Labute approximate surface area is 104 Å². The minimum Gasteiger partial charge on any atom is -0.314 e. The van der Waals surface area contributed by atoms with Gasteiger partial charge in [0, 0.05) is 12.6 Å². The van der Waals surface area contributed by atoms with Crippen molar-refractivity contribution in [3.63, 3.8) is 0 Å².